The normalized spacial score (nSPS) is 16.9. The molecule has 30 heavy (non-hydrogen) atoms. The third kappa shape index (κ3) is 4.44. The first-order valence-corrected chi connectivity index (χ1v) is 10.6. The van der Waals surface area contributed by atoms with Crippen LogP contribution in [0.4, 0.5) is 14.5 Å². The molecule has 5 nitrogen and oxygen atoms in total. The van der Waals surface area contributed by atoms with Gasteiger partial charge in [0.25, 0.3) is 0 Å². The molecule has 1 aliphatic rings. The molecule has 1 amide bonds. The maximum atomic E-state index is 13.4. The maximum Gasteiger partial charge on any atom is 0.397 e. The van der Waals surface area contributed by atoms with Crippen LogP contribution in [-0.4, -0.2) is 27.9 Å². The first-order valence-electron chi connectivity index (χ1n) is 9.41. The van der Waals surface area contributed by atoms with Gasteiger partial charge in [0, 0.05) is 41.6 Å². The third-order valence-electron chi connectivity index (χ3n) is 4.85. The summed E-state index contributed by atoms with van der Waals surface area (Å²) >= 11 is 7.17. The Labute approximate surface area is 181 Å². The molecule has 1 aliphatic heterocycles. The molecule has 1 atom stereocenters. The topological polar surface area (TPSA) is 55.3 Å². The second kappa shape index (κ2) is 8.28. The van der Waals surface area contributed by atoms with E-state index in [1.54, 1.807) is 29.2 Å². The van der Waals surface area contributed by atoms with Crippen LogP contribution in [0.2, 0.25) is 5.02 Å². The third-order valence-corrected chi connectivity index (χ3v) is 5.97. The van der Waals surface area contributed by atoms with Crippen LogP contribution < -0.4 is 9.64 Å². The number of hydrogen-bond donors (Lipinski definition) is 0. The Bertz CT molecular complexity index is 1040. The molecule has 0 bridgehead atoms. The summed E-state index contributed by atoms with van der Waals surface area (Å²) in [5.41, 5.74) is 1.50. The Balaban J connectivity index is 1.46. The highest BCUT2D eigenvalue weighted by Gasteiger charge is 2.34. The summed E-state index contributed by atoms with van der Waals surface area (Å²) in [5.74, 6) is 0.560. The maximum absolute atomic E-state index is 13.4. The first-order chi connectivity index (χ1) is 14.3. The van der Waals surface area contributed by atoms with E-state index in [9.17, 15) is 13.6 Å². The lowest BCUT2D eigenvalue weighted by Crippen LogP contribution is -2.24. The van der Waals surface area contributed by atoms with Crippen LogP contribution in [0.5, 0.6) is 5.75 Å². The second-order valence-electron chi connectivity index (χ2n) is 6.96. The van der Waals surface area contributed by atoms with Gasteiger partial charge in [0.05, 0.1) is 0 Å². The van der Waals surface area contributed by atoms with Crippen molar-refractivity contribution in [3.63, 3.8) is 0 Å². The number of anilines is 1. The van der Waals surface area contributed by atoms with E-state index in [1.165, 1.54) is 30.6 Å². The van der Waals surface area contributed by atoms with Crippen LogP contribution in [0, 0.1) is 0 Å². The summed E-state index contributed by atoms with van der Waals surface area (Å²) < 4.78 is 35.8. The highest BCUT2D eigenvalue weighted by Crippen LogP contribution is 2.34. The lowest BCUT2D eigenvalue weighted by atomic mass is 10.1. The van der Waals surface area contributed by atoms with E-state index < -0.39 is 12.5 Å². The van der Waals surface area contributed by atoms with Gasteiger partial charge in [-0.2, -0.15) is 13.2 Å². The number of hydrogen-bond acceptors (Lipinski definition) is 5. The van der Waals surface area contributed by atoms with Crippen molar-refractivity contribution in [3.8, 4) is 17.1 Å². The van der Waals surface area contributed by atoms with E-state index in [-0.39, 0.29) is 17.6 Å². The summed E-state index contributed by atoms with van der Waals surface area (Å²) in [6.07, 6.45) is -3.24. The van der Waals surface area contributed by atoms with Crippen molar-refractivity contribution in [2.24, 2.45) is 0 Å². The number of benzene rings is 2. The zero-order valence-corrected chi connectivity index (χ0v) is 17.6. The molecule has 1 aromatic heterocycles. The molecule has 0 aliphatic carbocycles. The summed E-state index contributed by atoms with van der Waals surface area (Å²) in [7, 11) is 0. The van der Waals surface area contributed by atoms with Crippen LogP contribution in [0.25, 0.3) is 11.4 Å². The standard InChI is InChI=1S/C21H18ClF2N3O2S/c1-2-21(23,24)29-17-9-3-13(4-10-17)19-25-20(30-26-19)14-11-18(28)27(12-14)16-7-5-15(22)6-8-16/h3-10,14H,2,11-12H2,1H3. The smallest absolute Gasteiger partial charge is 0.397 e. The quantitative estimate of drug-likeness (QED) is 0.480. The molecule has 1 saturated heterocycles. The molecule has 4 rings (SSSR count). The van der Waals surface area contributed by atoms with E-state index in [1.807, 2.05) is 12.1 Å². The number of alkyl halides is 2. The van der Waals surface area contributed by atoms with Crippen molar-refractivity contribution >= 4 is 34.7 Å². The minimum Gasteiger partial charge on any atom is -0.433 e. The van der Waals surface area contributed by atoms with E-state index in [0.29, 0.717) is 29.4 Å². The number of carbonyl (C=O) groups is 1. The average Bonchev–Trinajstić information content (AvgIpc) is 3.36. The first kappa shape index (κ1) is 20.7. The van der Waals surface area contributed by atoms with Gasteiger partial charge in [-0.3, -0.25) is 4.79 Å². The minimum absolute atomic E-state index is 0.0254. The zero-order valence-electron chi connectivity index (χ0n) is 16.0. The predicted octanol–water partition coefficient (Wildman–Crippen LogP) is 5.76. The van der Waals surface area contributed by atoms with Crippen LogP contribution >= 0.6 is 23.1 Å². The molecule has 9 heteroatoms. The molecule has 1 fully saturated rings. The van der Waals surface area contributed by atoms with Crippen LogP contribution in [0.3, 0.4) is 0 Å². The highest BCUT2D eigenvalue weighted by atomic mass is 35.5. The SMILES string of the molecule is CCC(F)(F)Oc1ccc(-c2nsc(C3CC(=O)N(c4ccc(Cl)cc4)C3)n2)cc1. The average molecular weight is 450 g/mol. The molecule has 0 radical (unpaired) electrons. The molecule has 1 unspecified atom stereocenters. The summed E-state index contributed by atoms with van der Waals surface area (Å²) in [5, 5.41) is 1.39. The molecule has 2 aromatic carbocycles. The van der Waals surface area contributed by atoms with Gasteiger partial charge in [-0.25, -0.2) is 4.98 Å². The molecule has 3 aromatic rings. The van der Waals surface area contributed by atoms with Gasteiger partial charge in [-0.05, 0) is 60.1 Å². The van der Waals surface area contributed by atoms with Gasteiger partial charge in [0.2, 0.25) is 5.91 Å². The number of amides is 1. The Kier molecular flexibility index (Phi) is 5.71. The number of carbonyl (C=O) groups excluding carboxylic acids is 1. The van der Waals surface area contributed by atoms with Crippen molar-refractivity contribution in [3.05, 3.63) is 58.6 Å². The van der Waals surface area contributed by atoms with E-state index in [0.717, 1.165) is 10.7 Å². The largest absolute Gasteiger partial charge is 0.433 e. The Morgan fingerprint density at radius 1 is 1.20 bits per heavy atom. The van der Waals surface area contributed by atoms with E-state index >= 15 is 0 Å². The molecular weight excluding hydrogens is 432 g/mol. The van der Waals surface area contributed by atoms with Crippen molar-refractivity contribution in [2.45, 2.75) is 31.8 Å². The van der Waals surface area contributed by atoms with E-state index in [2.05, 4.69) is 14.1 Å². The van der Waals surface area contributed by atoms with Crippen LogP contribution in [-0.2, 0) is 4.79 Å². The molecule has 156 valence electrons. The van der Waals surface area contributed by atoms with Gasteiger partial charge in [0.1, 0.15) is 10.8 Å². The lowest BCUT2D eigenvalue weighted by Gasteiger charge is -2.16. The molecule has 0 spiro atoms. The minimum atomic E-state index is -3.20. The van der Waals surface area contributed by atoms with Crippen LogP contribution in [0.15, 0.2) is 48.5 Å². The van der Waals surface area contributed by atoms with Crippen molar-refractivity contribution in [1.82, 2.24) is 9.36 Å². The monoisotopic (exact) mass is 449 g/mol. The summed E-state index contributed by atoms with van der Waals surface area (Å²) in [4.78, 5) is 18.8. The predicted molar refractivity (Wildman–Crippen MR) is 112 cm³/mol. The number of halogens is 3. The fourth-order valence-corrected chi connectivity index (χ4v) is 4.06. The summed E-state index contributed by atoms with van der Waals surface area (Å²) in [6.45, 7) is 1.88. The number of rotatable bonds is 6. The Morgan fingerprint density at radius 2 is 1.90 bits per heavy atom. The number of ether oxygens (including phenoxy) is 1. The van der Waals surface area contributed by atoms with Gasteiger partial charge in [-0.15, -0.1) is 0 Å². The fourth-order valence-electron chi connectivity index (χ4n) is 3.18. The zero-order chi connectivity index (χ0) is 21.3. The summed E-state index contributed by atoms with van der Waals surface area (Å²) in [6, 6.07) is 13.4. The molecule has 0 saturated carbocycles. The molecule has 2 heterocycles. The lowest BCUT2D eigenvalue weighted by molar-refractivity contribution is -0.177. The van der Waals surface area contributed by atoms with Crippen molar-refractivity contribution in [2.75, 3.05) is 11.4 Å². The fraction of sp³-hybridized carbons (Fsp3) is 0.286. The van der Waals surface area contributed by atoms with Crippen LogP contribution in [0.1, 0.15) is 30.7 Å². The van der Waals surface area contributed by atoms with Crippen molar-refractivity contribution < 1.29 is 18.3 Å². The number of nitrogens with zero attached hydrogens (tertiary/aromatic N) is 3. The second-order valence-corrected chi connectivity index (χ2v) is 8.18. The van der Waals surface area contributed by atoms with Gasteiger partial charge < -0.3 is 9.64 Å². The molecule has 0 N–H and O–H groups in total. The molecular formula is C21H18ClF2N3O2S. The van der Waals surface area contributed by atoms with Crippen molar-refractivity contribution in [1.29, 1.82) is 0 Å². The van der Waals surface area contributed by atoms with Gasteiger partial charge in [0.15, 0.2) is 5.82 Å². The van der Waals surface area contributed by atoms with E-state index in [4.69, 9.17) is 11.6 Å². The highest BCUT2D eigenvalue weighted by molar-refractivity contribution is 7.05. The number of aromatic nitrogens is 2. The van der Waals surface area contributed by atoms with Gasteiger partial charge >= 0.3 is 6.11 Å². The van der Waals surface area contributed by atoms with Gasteiger partial charge in [-0.1, -0.05) is 18.5 Å². The Hall–Kier alpha value is -2.58. The Morgan fingerprint density at radius 3 is 2.57 bits per heavy atom.